The summed E-state index contributed by atoms with van der Waals surface area (Å²) in [5.74, 6) is -6.46. The van der Waals surface area contributed by atoms with Gasteiger partial charge in [0.05, 0.1) is 44.2 Å². The fourth-order valence-corrected chi connectivity index (χ4v) is 5.75. The summed E-state index contributed by atoms with van der Waals surface area (Å²) in [6.45, 7) is 5.87. The summed E-state index contributed by atoms with van der Waals surface area (Å²) in [6.07, 6.45) is 3.69. The number of Topliss-reactive ketones (excluding diaryl/α,β-unsaturated/α-hetero) is 1. The highest BCUT2D eigenvalue weighted by atomic mass is 35.5. The van der Waals surface area contributed by atoms with Gasteiger partial charge in [-0.2, -0.15) is 0 Å². The number of benzene rings is 1. The molecule has 302 valence electrons. The Morgan fingerprint density at radius 3 is 1.95 bits per heavy atom. The quantitative estimate of drug-likeness (QED) is 0.0503. The summed E-state index contributed by atoms with van der Waals surface area (Å²) in [4.78, 5) is 105. The van der Waals surface area contributed by atoms with Gasteiger partial charge in [-0.05, 0) is 30.9 Å². The largest absolute Gasteiger partial charge is 0.481 e. The lowest BCUT2D eigenvalue weighted by molar-refractivity contribution is -0.371. The number of carbonyl (C=O) groups excluding carboxylic acids is 5. The number of H-pyrrole nitrogens is 3. The van der Waals surface area contributed by atoms with Crippen molar-refractivity contribution in [2.45, 2.75) is 64.2 Å². The number of hydrogen-bond donors (Lipinski definition) is 11. The first-order valence-corrected chi connectivity index (χ1v) is 17.5. The second kappa shape index (κ2) is 20.5. The molecule has 1 aromatic carbocycles. The molecule has 13 N–H and O–H groups in total. The highest BCUT2D eigenvalue weighted by molar-refractivity contribution is 6.07. The Bertz CT molecular complexity index is 2030. The van der Waals surface area contributed by atoms with Gasteiger partial charge in [-0.3, -0.25) is 28.8 Å². The number of amides is 4. The number of aliphatic carboxylic acids is 2. The van der Waals surface area contributed by atoms with E-state index in [1.165, 1.54) is 6.33 Å². The maximum atomic E-state index is 13.8. The smallest absolute Gasteiger partial charge is 0.326 e. The molecule has 3 heterocycles. The number of imidazole rings is 2. The number of aromatic amines is 3. The Balaban J connectivity index is 0.00000841. The minimum absolute atomic E-state index is 0. The number of hydrogen-bond acceptors (Lipinski definition) is 10. The zero-order valence-corrected chi connectivity index (χ0v) is 31.7. The van der Waals surface area contributed by atoms with Crippen LogP contribution in [0.2, 0.25) is 0 Å². The number of nitrogens with one attached hydrogen (secondary N) is 8. The number of ketones is 1. The monoisotopic (exact) mass is 800 g/mol. The number of nitrogens with zero attached hydrogens (tertiary/aromatic N) is 2. The molecule has 0 saturated carbocycles. The van der Waals surface area contributed by atoms with Crippen molar-refractivity contribution in [2.75, 3.05) is 19.6 Å². The van der Waals surface area contributed by atoms with E-state index in [2.05, 4.69) is 57.2 Å². The second-order valence-electron chi connectivity index (χ2n) is 13.4. The van der Waals surface area contributed by atoms with Gasteiger partial charge in [-0.15, -0.1) is 12.4 Å². The van der Waals surface area contributed by atoms with Gasteiger partial charge in [-0.25, -0.2) is 14.8 Å². The summed E-state index contributed by atoms with van der Waals surface area (Å²) in [6, 6.07) is 3.82. The molecule has 4 rings (SSSR count). The van der Waals surface area contributed by atoms with E-state index in [-0.39, 0.29) is 66.7 Å². The molecule has 4 amide bonds. The molecule has 0 radical (unpaired) electrons. The average Bonchev–Trinajstić information content (AvgIpc) is 3.91. The van der Waals surface area contributed by atoms with Gasteiger partial charge in [0.15, 0.2) is 17.2 Å². The van der Waals surface area contributed by atoms with Gasteiger partial charge in [0.1, 0.15) is 17.4 Å². The Labute approximate surface area is 326 Å². The van der Waals surface area contributed by atoms with Crippen molar-refractivity contribution in [3.05, 3.63) is 71.5 Å². The van der Waals surface area contributed by atoms with Crippen LogP contribution in [-0.4, -0.2) is 120 Å². The molecule has 0 bridgehead atoms. The van der Waals surface area contributed by atoms with Crippen molar-refractivity contribution in [3.8, 4) is 0 Å². The normalized spacial score (nSPS) is 13.2. The van der Waals surface area contributed by atoms with E-state index < -0.39 is 65.9 Å². The van der Waals surface area contributed by atoms with Crippen molar-refractivity contribution in [2.24, 2.45) is 5.92 Å². The van der Waals surface area contributed by atoms with Crippen molar-refractivity contribution in [1.82, 2.24) is 51.5 Å². The third-order valence-electron chi connectivity index (χ3n) is 8.53. The average molecular weight is 801 g/mol. The van der Waals surface area contributed by atoms with E-state index in [1.54, 1.807) is 13.1 Å². The fraction of sp³-hybridized carbons (Fsp3) is 0.400. The number of rotatable bonds is 21. The van der Waals surface area contributed by atoms with Crippen molar-refractivity contribution in [3.63, 3.8) is 0 Å². The Morgan fingerprint density at radius 1 is 0.786 bits per heavy atom. The molecule has 0 spiro atoms. The lowest BCUT2D eigenvalue weighted by atomic mass is 10.0. The highest BCUT2D eigenvalue weighted by Crippen LogP contribution is 2.20. The fourth-order valence-electron chi connectivity index (χ4n) is 5.75. The molecule has 0 fully saturated rings. The van der Waals surface area contributed by atoms with Crippen LogP contribution < -0.4 is 32.3 Å². The number of carboxylic acid groups (broad SMARTS) is 2. The molecule has 0 unspecified atom stereocenters. The Hall–Kier alpha value is -6.12. The molecule has 21 heteroatoms. The molecule has 20 nitrogen and oxygen atoms in total. The van der Waals surface area contributed by atoms with Crippen molar-refractivity contribution in [1.29, 1.82) is 0 Å². The minimum atomic E-state index is -1.75. The lowest BCUT2D eigenvalue weighted by Crippen LogP contribution is -2.59. The van der Waals surface area contributed by atoms with E-state index in [1.807, 2.05) is 38.1 Å². The lowest BCUT2D eigenvalue weighted by Gasteiger charge is -2.22. The van der Waals surface area contributed by atoms with Crippen molar-refractivity contribution >= 4 is 64.7 Å². The number of para-hydroxylation sites is 1. The number of halogens is 1. The SMILES string of the molecule is CC(C)C[C@@H](CNCC(=O)[C@H](Cc1c[nH]c2ccccc12)NC(=O)c1[nH]cnc1C(=O)N[C@@H](C)C[NH3+])NC(=O)c1nc[nH]c1C(=O)N[C@@H](CC(=O)O)C(=O)O.Cl. The van der Waals surface area contributed by atoms with Gasteiger partial charge in [0.2, 0.25) is 0 Å². The van der Waals surface area contributed by atoms with Crippen molar-refractivity contribution < 1.29 is 49.5 Å². The van der Waals surface area contributed by atoms with E-state index in [0.717, 1.165) is 22.8 Å². The third-order valence-corrected chi connectivity index (χ3v) is 8.53. The van der Waals surface area contributed by atoms with Crippen LogP contribution in [0.25, 0.3) is 10.9 Å². The standard InChI is InChI=1S/C35H45N11O9.ClH/c1-17(2)8-20(44-32(51)28-30(42-16-40-28)34(53)46-24(35(54)55)10-26(48)49)13-37-14-25(47)23(9-19-12-38-22-7-5-4-6-21(19)22)45-33(52)29-27(39-15-41-29)31(50)43-18(3)11-36;/h4-7,12,15-18,20,23-24,37-38H,8-11,13-14,36H2,1-3H3,(H,39,41)(H,40,42)(H,43,50)(H,44,51)(H,45,52)(H,46,53)(H,48,49)(H,54,55);1H/p+1/t18-,20-,23-,24-;/m0./s1. The first kappa shape index (κ1) is 44.3. The van der Waals surface area contributed by atoms with Crippen LogP contribution in [0.1, 0.15) is 81.1 Å². The topological polar surface area (TPSA) is 321 Å². The zero-order valence-electron chi connectivity index (χ0n) is 30.9. The van der Waals surface area contributed by atoms with Crippen LogP contribution in [-0.2, 0) is 20.8 Å². The summed E-state index contributed by atoms with van der Waals surface area (Å²) in [7, 11) is 0. The maximum absolute atomic E-state index is 13.8. The highest BCUT2D eigenvalue weighted by Gasteiger charge is 2.30. The van der Waals surface area contributed by atoms with Crippen LogP contribution in [0.3, 0.4) is 0 Å². The van der Waals surface area contributed by atoms with E-state index >= 15 is 0 Å². The maximum Gasteiger partial charge on any atom is 0.326 e. The number of carboxylic acids is 2. The number of carbonyl (C=O) groups is 7. The molecule has 0 aliphatic heterocycles. The molecule has 0 saturated heterocycles. The zero-order chi connectivity index (χ0) is 40.2. The molecule has 4 atom stereocenters. The van der Waals surface area contributed by atoms with Gasteiger partial charge in [0.25, 0.3) is 23.6 Å². The van der Waals surface area contributed by atoms with Crippen LogP contribution >= 0.6 is 12.4 Å². The van der Waals surface area contributed by atoms with Gasteiger partial charge in [0, 0.05) is 36.1 Å². The third kappa shape index (κ3) is 11.9. The summed E-state index contributed by atoms with van der Waals surface area (Å²) in [5, 5.41) is 32.6. The molecular weight excluding hydrogens is 754 g/mol. The number of quaternary nitrogens is 1. The minimum Gasteiger partial charge on any atom is -0.481 e. The van der Waals surface area contributed by atoms with Gasteiger partial charge < -0.3 is 57.5 Å². The number of aromatic nitrogens is 5. The van der Waals surface area contributed by atoms with Gasteiger partial charge >= 0.3 is 11.9 Å². The second-order valence-corrected chi connectivity index (χ2v) is 13.4. The predicted molar refractivity (Wildman–Crippen MR) is 202 cm³/mol. The predicted octanol–water partition coefficient (Wildman–Crippen LogP) is -0.602. The van der Waals surface area contributed by atoms with Crippen LogP contribution in [0.4, 0.5) is 0 Å². The first-order chi connectivity index (χ1) is 26.2. The summed E-state index contributed by atoms with van der Waals surface area (Å²) < 4.78 is 0. The summed E-state index contributed by atoms with van der Waals surface area (Å²) in [5.41, 5.74) is 4.39. The van der Waals surface area contributed by atoms with Crippen LogP contribution in [0, 0.1) is 5.92 Å². The molecule has 56 heavy (non-hydrogen) atoms. The molecular formula is C35H47ClN11O9+. The van der Waals surface area contributed by atoms with E-state index in [4.69, 9.17) is 5.11 Å². The van der Waals surface area contributed by atoms with E-state index in [9.17, 15) is 38.7 Å². The van der Waals surface area contributed by atoms with Crippen LogP contribution in [0.15, 0.2) is 43.1 Å². The molecule has 0 aliphatic carbocycles. The van der Waals surface area contributed by atoms with Gasteiger partial charge in [-0.1, -0.05) is 32.0 Å². The Morgan fingerprint density at radius 2 is 1.38 bits per heavy atom. The van der Waals surface area contributed by atoms with Crippen LogP contribution in [0.5, 0.6) is 0 Å². The van der Waals surface area contributed by atoms with E-state index in [0.29, 0.717) is 13.0 Å². The Kier molecular flexibility index (Phi) is 16.2. The summed E-state index contributed by atoms with van der Waals surface area (Å²) >= 11 is 0. The first-order valence-electron chi connectivity index (χ1n) is 17.5. The molecule has 0 aliphatic rings. The molecule has 4 aromatic rings. The number of fused-ring (bicyclic) bond motifs is 1. The molecule has 3 aromatic heterocycles.